The molecule has 0 bridgehead atoms. The van der Waals surface area contributed by atoms with Crippen LogP contribution in [-0.2, 0) is 0 Å². The van der Waals surface area contributed by atoms with Crippen LogP contribution in [0, 0.1) is 11.6 Å². The van der Waals surface area contributed by atoms with E-state index in [1.54, 1.807) is 18.2 Å². The topological polar surface area (TPSA) is 24.9 Å². The minimum absolute atomic E-state index is 0.0607. The van der Waals surface area contributed by atoms with Crippen molar-refractivity contribution in [2.24, 2.45) is 0 Å². The lowest BCUT2D eigenvalue weighted by molar-refractivity contribution is 0.511. The van der Waals surface area contributed by atoms with E-state index in [-0.39, 0.29) is 5.69 Å². The molecule has 0 spiro atoms. The molecule has 1 heterocycles. The zero-order valence-corrected chi connectivity index (χ0v) is 9.63. The highest BCUT2D eigenvalue weighted by Gasteiger charge is 2.07. The summed E-state index contributed by atoms with van der Waals surface area (Å²) in [6.45, 7) is 0. The highest BCUT2D eigenvalue weighted by molar-refractivity contribution is 9.10. The summed E-state index contributed by atoms with van der Waals surface area (Å²) in [6.07, 6.45) is 0. The van der Waals surface area contributed by atoms with Crippen molar-refractivity contribution in [2.45, 2.75) is 0 Å². The van der Waals surface area contributed by atoms with Crippen LogP contribution in [-0.4, -0.2) is 4.98 Å². The van der Waals surface area contributed by atoms with Crippen molar-refractivity contribution in [1.29, 1.82) is 0 Å². The number of aromatic nitrogens is 1. The molecule has 0 fully saturated rings. The van der Waals surface area contributed by atoms with Gasteiger partial charge < -0.3 is 5.32 Å². The number of pyridine rings is 1. The molecule has 82 valence electrons. The fourth-order valence-corrected chi connectivity index (χ4v) is 1.56. The number of anilines is 2. The Labute approximate surface area is 99.5 Å². The van der Waals surface area contributed by atoms with E-state index >= 15 is 0 Å². The minimum Gasteiger partial charge on any atom is -0.338 e. The van der Waals surface area contributed by atoms with E-state index in [4.69, 9.17) is 0 Å². The van der Waals surface area contributed by atoms with Crippen LogP contribution in [0.3, 0.4) is 0 Å². The summed E-state index contributed by atoms with van der Waals surface area (Å²) in [5.41, 5.74) is 0.0607. The summed E-state index contributed by atoms with van der Waals surface area (Å²) in [5, 5.41) is 2.70. The summed E-state index contributed by atoms with van der Waals surface area (Å²) in [4.78, 5) is 4.06. The fraction of sp³-hybridized carbons (Fsp3) is 0. The fourth-order valence-electron chi connectivity index (χ4n) is 1.22. The summed E-state index contributed by atoms with van der Waals surface area (Å²) >= 11 is 3.19. The van der Waals surface area contributed by atoms with E-state index in [2.05, 4.69) is 26.2 Å². The summed E-state index contributed by atoms with van der Waals surface area (Å²) in [6, 6.07) is 9.09. The van der Waals surface area contributed by atoms with Gasteiger partial charge in [-0.25, -0.2) is 13.8 Å². The average Bonchev–Trinajstić information content (AvgIpc) is 2.25. The van der Waals surface area contributed by atoms with Gasteiger partial charge in [-0.2, -0.15) is 0 Å². The Morgan fingerprint density at radius 3 is 2.56 bits per heavy atom. The molecule has 2 aromatic rings. The van der Waals surface area contributed by atoms with Gasteiger partial charge in [-0.1, -0.05) is 12.1 Å². The SMILES string of the molecule is Fc1cccc(Nc2cccc(Br)n2)c1F. The van der Waals surface area contributed by atoms with Crippen molar-refractivity contribution in [3.63, 3.8) is 0 Å². The first-order valence-electron chi connectivity index (χ1n) is 4.50. The largest absolute Gasteiger partial charge is 0.338 e. The van der Waals surface area contributed by atoms with E-state index in [9.17, 15) is 8.78 Å². The van der Waals surface area contributed by atoms with Crippen molar-refractivity contribution in [1.82, 2.24) is 4.98 Å². The Morgan fingerprint density at radius 1 is 1.06 bits per heavy atom. The molecular weight excluding hydrogens is 278 g/mol. The monoisotopic (exact) mass is 284 g/mol. The summed E-state index contributed by atoms with van der Waals surface area (Å²) < 4.78 is 26.8. The average molecular weight is 285 g/mol. The number of rotatable bonds is 2. The van der Waals surface area contributed by atoms with Crippen LogP contribution in [0.1, 0.15) is 0 Å². The maximum atomic E-state index is 13.3. The van der Waals surface area contributed by atoms with Gasteiger partial charge in [-0.15, -0.1) is 0 Å². The van der Waals surface area contributed by atoms with E-state index in [1.165, 1.54) is 12.1 Å². The van der Waals surface area contributed by atoms with Crippen LogP contribution in [0.4, 0.5) is 20.3 Å². The number of hydrogen-bond donors (Lipinski definition) is 1. The molecule has 1 aromatic carbocycles. The molecule has 0 unspecified atom stereocenters. The van der Waals surface area contributed by atoms with Crippen molar-refractivity contribution in [3.05, 3.63) is 52.6 Å². The predicted molar refractivity (Wildman–Crippen MR) is 61.6 cm³/mol. The lowest BCUT2D eigenvalue weighted by Crippen LogP contribution is -1.97. The molecule has 2 rings (SSSR count). The number of benzene rings is 1. The number of halogens is 3. The van der Waals surface area contributed by atoms with Gasteiger partial charge in [0.05, 0.1) is 5.69 Å². The zero-order chi connectivity index (χ0) is 11.5. The van der Waals surface area contributed by atoms with Crippen LogP contribution in [0.15, 0.2) is 41.0 Å². The van der Waals surface area contributed by atoms with E-state index in [0.29, 0.717) is 10.4 Å². The smallest absolute Gasteiger partial charge is 0.182 e. The third-order valence-electron chi connectivity index (χ3n) is 1.93. The second kappa shape index (κ2) is 4.57. The second-order valence-corrected chi connectivity index (χ2v) is 3.88. The molecule has 16 heavy (non-hydrogen) atoms. The molecule has 1 aromatic heterocycles. The van der Waals surface area contributed by atoms with Gasteiger partial charge in [0.2, 0.25) is 0 Å². The van der Waals surface area contributed by atoms with Gasteiger partial charge in [-0.05, 0) is 40.2 Å². The second-order valence-electron chi connectivity index (χ2n) is 3.07. The van der Waals surface area contributed by atoms with Crippen molar-refractivity contribution >= 4 is 27.4 Å². The molecular formula is C11H7BrF2N2. The molecule has 0 atom stereocenters. The van der Waals surface area contributed by atoms with Gasteiger partial charge in [0.25, 0.3) is 0 Å². The Kier molecular flexibility index (Phi) is 3.14. The Morgan fingerprint density at radius 2 is 1.81 bits per heavy atom. The molecule has 0 saturated heterocycles. The van der Waals surface area contributed by atoms with Crippen molar-refractivity contribution < 1.29 is 8.78 Å². The predicted octanol–water partition coefficient (Wildman–Crippen LogP) is 3.87. The Bertz CT molecular complexity index is 517. The minimum atomic E-state index is -0.913. The van der Waals surface area contributed by atoms with Gasteiger partial charge in [0.15, 0.2) is 11.6 Å². The first-order valence-corrected chi connectivity index (χ1v) is 5.30. The molecule has 0 amide bonds. The number of nitrogens with zero attached hydrogens (tertiary/aromatic N) is 1. The molecule has 0 saturated carbocycles. The maximum Gasteiger partial charge on any atom is 0.182 e. The summed E-state index contributed by atoms with van der Waals surface area (Å²) in [7, 11) is 0. The van der Waals surface area contributed by atoms with Crippen molar-refractivity contribution in [3.8, 4) is 0 Å². The van der Waals surface area contributed by atoms with Gasteiger partial charge in [0.1, 0.15) is 10.4 Å². The standard InChI is InChI=1S/C11H7BrF2N2/c12-9-5-2-6-10(16-9)15-8-4-1-3-7(13)11(8)14/h1-6H,(H,15,16). The lowest BCUT2D eigenvalue weighted by atomic mass is 10.3. The van der Waals surface area contributed by atoms with Crippen LogP contribution in [0.5, 0.6) is 0 Å². The Balaban J connectivity index is 2.31. The van der Waals surface area contributed by atoms with Crippen LogP contribution in [0.25, 0.3) is 0 Å². The highest BCUT2D eigenvalue weighted by atomic mass is 79.9. The van der Waals surface area contributed by atoms with Gasteiger partial charge >= 0.3 is 0 Å². The molecule has 1 N–H and O–H groups in total. The lowest BCUT2D eigenvalue weighted by Gasteiger charge is -2.06. The van der Waals surface area contributed by atoms with Crippen molar-refractivity contribution in [2.75, 3.05) is 5.32 Å². The first kappa shape index (κ1) is 11.0. The Hall–Kier alpha value is -1.49. The molecule has 0 aliphatic carbocycles. The molecule has 5 heteroatoms. The van der Waals surface area contributed by atoms with Crippen LogP contribution < -0.4 is 5.32 Å². The first-order chi connectivity index (χ1) is 7.66. The van der Waals surface area contributed by atoms with E-state index in [1.807, 2.05) is 0 Å². The molecule has 0 radical (unpaired) electrons. The zero-order valence-electron chi connectivity index (χ0n) is 8.05. The maximum absolute atomic E-state index is 13.3. The van der Waals surface area contributed by atoms with Gasteiger partial charge in [0, 0.05) is 0 Å². The third-order valence-corrected chi connectivity index (χ3v) is 2.37. The van der Waals surface area contributed by atoms with Crippen LogP contribution in [0.2, 0.25) is 0 Å². The third kappa shape index (κ3) is 2.36. The molecule has 0 aliphatic heterocycles. The highest BCUT2D eigenvalue weighted by Crippen LogP contribution is 2.21. The molecule has 0 aliphatic rings. The normalized spacial score (nSPS) is 10.2. The van der Waals surface area contributed by atoms with E-state index in [0.717, 1.165) is 6.07 Å². The summed E-state index contributed by atoms with van der Waals surface area (Å²) in [5.74, 6) is -1.36. The van der Waals surface area contributed by atoms with Crippen LogP contribution >= 0.6 is 15.9 Å². The number of nitrogens with one attached hydrogen (secondary N) is 1. The van der Waals surface area contributed by atoms with Gasteiger partial charge in [-0.3, -0.25) is 0 Å². The van der Waals surface area contributed by atoms with E-state index < -0.39 is 11.6 Å². The number of hydrogen-bond acceptors (Lipinski definition) is 2. The molecule has 2 nitrogen and oxygen atoms in total. The quantitative estimate of drug-likeness (QED) is 0.847.